The fourth-order valence-electron chi connectivity index (χ4n) is 2.89. The van der Waals surface area contributed by atoms with Crippen LogP contribution in [0.3, 0.4) is 0 Å². The topological polar surface area (TPSA) is 71.2 Å². The van der Waals surface area contributed by atoms with Crippen molar-refractivity contribution in [1.29, 1.82) is 0 Å². The molecule has 24 heavy (non-hydrogen) atoms. The second kappa shape index (κ2) is 7.59. The fraction of sp³-hybridized carbons (Fsp3) is 0.333. The van der Waals surface area contributed by atoms with Gasteiger partial charge in [0.2, 0.25) is 5.91 Å². The molecule has 3 rings (SSSR count). The number of nitrogens with two attached hydrogens (primary N) is 1. The summed E-state index contributed by atoms with van der Waals surface area (Å²) in [5, 5.41) is 3.55. The monoisotopic (exact) mass is 342 g/mol. The highest BCUT2D eigenvalue weighted by Crippen LogP contribution is 2.24. The van der Waals surface area contributed by atoms with Crippen LogP contribution in [0.15, 0.2) is 30.3 Å². The third-order valence-corrected chi connectivity index (χ3v) is 5.03. The van der Waals surface area contributed by atoms with E-state index < -0.39 is 0 Å². The lowest BCUT2D eigenvalue weighted by molar-refractivity contribution is -0.114. The van der Waals surface area contributed by atoms with Crippen LogP contribution in [0.2, 0.25) is 0 Å². The lowest BCUT2D eigenvalue weighted by Gasteiger charge is -2.17. The second-order valence-corrected chi connectivity index (χ2v) is 7.01. The number of aromatic nitrogens is 1. The average molecular weight is 342 g/mol. The van der Waals surface area contributed by atoms with Crippen molar-refractivity contribution in [2.75, 3.05) is 30.7 Å². The van der Waals surface area contributed by atoms with Crippen molar-refractivity contribution in [2.24, 2.45) is 0 Å². The van der Waals surface area contributed by atoms with Gasteiger partial charge in [-0.3, -0.25) is 9.69 Å². The lowest BCUT2D eigenvalue weighted by atomic mass is 10.1. The molecule has 1 aromatic carbocycles. The van der Waals surface area contributed by atoms with Crippen molar-refractivity contribution in [3.8, 4) is 0 Å². The molecule has 3 N–H and O–H groups in total. The van der Waals surface area contributed by atoms with Crippen molar-refractivity contribution < 1.29 is 4.79 Å². The van der Waals surface area contributed by atoms with Gasteiger partial charge in [0.25, 0.3) is 0 Å². The largest absolute Gasteiger partial charge is 0.375 e. The van der Waals surface area contributed by atoms with E-state index >= 15 is 0 Å². The predicted octanol–water partition coefficient (Wildman–Crippen LogP) is 2.80. The molecule has 6 heteroatoms. The number of carbonyl (C=O) groups excluding carboxylic acids is 1. The Kier molecular flexibility index (Phi) is 5.27. The third kappa shape index (κ3) is 4.21. The second-order valence-electron chi connectivity index (χ2n) is 5.89. The zero-order chi connectivity index (χ0) is 16.9. The van der Waals surface area contributed by atoms with Gasteiger partial charge < -0.3 is 11.1 Å². The minimum Gasteiger partial charge on any atom is -0.375 e. The number of benzene rings is 1. The molecule has 0 radical (unpaired) electrons. The summed E-state index contributed by atoms with van der Waals surface area (Å²) in [6.07, 6.45) is 6.20. The van der Waals surface area contributed by atoms with Crippen LogP contribution in [0, 0.1) is 0 Å². The third-order valence-electron chi connectivity index (χ3n) is 4.05. The first-order valence-corrected chi connectivity index (χ1v) is 8.93. The number of nitrogens with zero attached hydrogens (tertiary/aromatic N) is 2. The quantitative estimate of drug-likeness (QED) is 0.896. The Morgan fingerprint density at radius 3 is 3.00 bits per heavy atom. The van der Waals surface area contributed by atoms with Gasteiger partial charge in [0.1, 0.15) is 0 Å². The highest BCUT2D eigenvalue weighted by Gasteiger charge is 2.16. The van der Waals surface area contributed by atoms with Gasteiger partial charge in [0.05, 0.1) is 5.69 Å². The Morgan fingerprint density at radius 2 is 2.17 bits per heavy atom. The van der Waals surface area contributed by atoms with E-state index in [1.807, 2.05) is 24.3 Å². The maximum atomic E-state index is 11.3. The molecule has 1 aliphatic heterocycles. The molecule has 1 aliphatic rings. The SMILES string of the molecule is CC(=O)Nc1ccccc1C=CCN1CCc2nc(N)sc2CC1. The molecule has 2 heterocycles. The van der Waals surface area contributed by atoms with Gasteiger partial charge in [-0.2, -0.15) is 0 Å². The Bertz CT molecular complexity index is 728. The summed E-state index contributed by atoms with van der Waals surface area (Å²) in [6, 6.07) is 7.83. The van der Waals surface area contributed by atoms with Crippen LogP contribution in [-0.4, -0.2) is 35.4 Å². The van der Waals surface area contributed by atoms with Crippen molar-refractivity contribution in [3.63, 3.8) is 0 Å². The summed E-state index contributed by atoms with van der Waals surface area (Å²) < 4.78 is 0. The molecule has 1 amide bonds. The average Bonchev–Trinajstić information content (AvgIpc) is 2.80. The molecule has 1 aromatic heterocycles. The number of anilines is 2. The molecular formula is C18H22N4OS. The summed E-state index contributed by atoms with van der Waals surface area (Å²) >= 11 is 1.62. The molecule has 0 saturated carbocycles. The number of nitrogens with one attached hydrogen (secondary N) is 1. The molecule has 0 aliphatic carbocycles. The Balaban J connectivity index is 1.59. The molecule has 126 valence electrons. The van der Waals surface area contributed by atoms with Gasteiger partial charge in [-0.25, -0.2) is 4.98 Å². The van der Waals surface area contributed by atoms with Crippen LogP contribution in [-0.2, 0) is 17.6 Å². The zero-order valence-corrected chi connectivity index (χ0v) is 14.6. The number of thiazole rings is 1. The molecule has 5 nitrogen and oxygen atoms in total. The summed E-state index contributed by atoms with van der Waals surface area (Å²) in [4.78, 5) is 19.4. The van der Waals surface area contributed by atoms with E-state index in [9.17, 15) is 4.79 Å². The van der Waals surface area contributed by atoms with Crippen molar-refractivity contribution in [3.05, 3.63) is 46.5 Å². The molecule has 0 fully saturated rings. The Hall–Kier alpha value is -2.18. The summed E-state index contributed by atoms with van der Waals surface area (Å²) in [6.45, 7) is 4.43. The number of fused-ring (bicyclic) bond motifs is 1. The van der Waals surface area contributed by atoms with Crippen LogP contribution in [0.4, 0.5) is 10.8 Å². The van der Waals surface area contributed by atoms with E-state index in [4.69, 9.17) is 5.73 Å². The van der Waals surface area contributed by atoms with E-state index in [-0.39, 0.29) is 5.91 Å². The molecule has 0 saturated heterocycles. The number of para-hydroxylation sites is 1. The first-order valence-electron chi connectivity index (χ1n) is 8.11. The van der Waals surface area contributed by atoms with Crippen LogP contribution < -0.4 is 11.1 Å². The van der Waals surface area contributed by atoms with Crippen LogP contribution >= 0.6 is 11.3 Å². The minimum absolute atomic E-state index is 0.0544. The van der Waals surface area contributed by atoms with Crippen molar-refractivity contribution in [2.45, 2.75) is 19.8 Å². The zero-order valence-electron chi connectivity index (χ0n) is 13.8. The van der Waals surface area contributed by atoms with E-state index in [0.717, 1.165) is 43.7 Å². The van der Waals surface area contributed by atoms with Gasteiger partial charge in [0, 0.05) is 43.5 Å². The van der Waals surface area contributed by atoms with Crippen LogP contribution in [0.1, 0.15) is 23.1 Å². The number of amides is 1. The van der Waals surface area contributed by atoms with Gasteiger partial charge in [-0.1, -0.05) is 30.4 Å². The number of hydrogen-bond acceptors (Lipinski definition) is 5. The standard InChI is InChI=1S/C18H22N4OS/c1-13(23)20-15-7-3-2-5-14(15)6-4-10-22-11-8-16-17(9-12-22)24-18(19)21-16/h2-7H,8-12H2,1H3,(H2,19,21)(H,20,23). The molecule has 2 aromatic rings. The predicted molar refractivity (Wildman–Crippen MR) is 100 cm³/mol. The molecule has 0 spiro atoms. The normalized spacial score (nSPS) is 15.2. The Labute approximate surface area is 146 Å². The van der Waals surface area contributed by atoms with Gasteiger partial charge in [0.15, 0.2) is 5.13 Å². The van der Waals surface area contributed by atoms with Gasteiger partial charge in [-0.15, -0.1) is 11.3 Å². The highest BCUT2D eigenvalue weighted by molar-refractivity contribution is 7.15. The Morgan fingerprint density at radius 1 is 1.38 bits per heavy atom. The van der Waals surface area contributed by atoms with Crippen LogP contribution in [0.25, 0.3) is 6.08 Å². The first-order chi connectivity index (χ1) is 11.6. The van der Waals surface area contributed by atoms with E-state index in [2.05, 4.69) is 27.4 Å². The molecule has 0 atom stereocenters. The van der Waals surface area contributed by atoms with Crippen molar-refractivity contribution >= 4 is 34.1 Å². The van der Waals surface area contributed by atoms with Gasteiger partial charge in [-0.05, 0) is 18.1 Å². The molecule has 0 unspecified atom stereocenters. The maximum Gasteiger partial charge on any atom is 0.221 e. The molecule has 0 bridgehead atoms. The van der Waals surface area contributed by atoms with E-state index in [1.165, 1.54) is 17.5 Å². The summed E-state index contributed by atoms with van der Waals surface area (Å²) in [5.41, 5.74) is 8.83. The number of hydrogen-bond donors (Lipinski definition) is 2. The van der Waals surface area contributed by atoms with Crippen molar-refractivity contribution in [1.82, 2.24) is 9.88 Å². The molecular weight excluding hydrogens is 320 g/mol. The van der Waals surface area contributed by atoms with Gasteiger partial charge >= 0.3 is 0 Å². The number of rotatable bonds is 4. The summed E-state index contributed by atoms with van der Waals surface area (Å²) in [5.74, 6) is -0.0544. The highest BCUT2D eigenvalue weighted by atomic mass is 32.1. The summed E-state index contributed by atoms with van der Waals surface area (Å²) in [7, 11) is 0. The minimum atomic E-state index is -0.0544. The maximum absolute atomic E-state index is 11.3. The first kappa shape index (κ1) is 16.7. The smallest absolute Gasteiger partial charge is 0.221 e. The lowest BCUT2D eigenvalue weighted by Crippen LogP contribution is -2.26. The van der Waals surface area contributed by atoms with E-state index in [1.54, 1.807) is 11.3 Å². The van der Waals surface area contributed by atoms with Crippen LogP contribution in [0.5, 0.6) is 0 Å². The number of nitrogen functional groups attached to an aromatic ring is 1. The fourth-order valence-corrected chi connectivity index (χ4v) is 3.75. The van der Waals surface area contributed by atoms with E-state index in [0.29, 0.717) is 5.13 Å². The number of carbonyl (C=O) groups is 1.